The lowest BCUT2D eigenvalue weighted by Crippen LogP contribution is -1.97. The van der Waals surface area contributed by atoms with E-state index in [0.29, 0.717) is 11.3 Å². The van der Waals surface area contributed by atoms with Crippen LogP contribution in [-0.2, 0) is 11.3 Å². The summed E-state index contributed by atoms with van der Waals surface area (Å²) in [5.74, 6) is 0.469. The van der Waals surface area contributed by atoms with Crippen LogP contribution in [0.4, 0.5) is 5.69 Å². The topological polar surface area (TPSA) is 61.6 Å². The third-order valence-electron chi connectivity index (χ3n) is 1.79. The monoisotopic (exact) mass is 197 g/mol. The Bertz CT molecular complexity index is 338. The van der Waals surface area contributed by atoms with Gasteiger partial charge in [0.05, 0.1) is 30.3 Å². The Kier molecular flexibility index (Phi) is 3.41. The van der Waals surface area contributed by atoms with Gasteiger partial charge in [-0.05, 0) is 12.1 Å². The SMILES string of the molecule is COCc1ccc(OC)cc1[N+](=O)[O-]. The number of methoxy groups -OCH3 is 2. The van der Waals surface area contributed by atoms with Crippen LogP contribution in [0.5, 0.6) is 5.75 Å². The van der Waals surface area contributed by atoms with Crippen molar-refractivity contribution in [2.24, 2.45) is 0 Å². The van der Waals surface area contributed by atoms with Crippen LogP contribution < -0.4 is 4.74 Å². The second kappa shape index (κ2) is 4.57. The standard InChI is InChI=1S/C9H11NO4/c1-13-6-7-3-4-8(14-2)5-9(7)10(11)12/h3-5H,6H2,1-2H3. The number of benzene rings is 1. The third-order valence-corrected chi connectivity index (χ3v) is 1.79. The molecule has 1 rings (SSSR count). The Labute approximate surface area is 81.4 Å². The van der Waals surface area contributed by atoms with Gasteiger partial charge in [0.25, 0.3) is 5.69 Å². The van der Waals surface area contributed by atoms with Crippen molar-refractivity contribution in [1.29, 1.82) is 0 Å². The fraction of sp³-hybridized carbons (Fsp3) is 0.333. The molecule has 0 saturated heterocycles. The summed E-state index contributed by atoms with van der Waals surface area (Å²) in [6.07, 6.45) is 0. The number of rotatable bonds is 4. The van der Waals surface area contributed by atoms with Crippen molar-refractivity contribution in [2.45, 2.75) is 6.61 Å². The number of hydrogen-bond acceptors (Lipinski definition) is 4. The van der Waals surface area contributed by atoms with Gasteiger partial charge < -0.3 is 9.47 Å². The summed E-state index contributed by atoms with van der Waals surface area (Å²) in [6.45, 7) is 0.223. The Morgan fingerprint density at radius 1 is 1.43 bits per heavy atom. The van der Waals surface area contributed by atoms with Gasteiger partial charge in [0, 0.05) is 7.11 Å². The van der Waals surface area contributed by atoms with Crippen LogP contribution in [0.1, 0.15) is 5.56 Å². The number of nitrogens with zero attached hydrogens (tertiary/aromatic N) is 1. The molecule has 0 amide bonds. The molecule has 0 aliphatic carbocycles. The molecule has 0 N–H and O–H groups in total. The first-order chi connectivity index (χ1) is 6.69. The van der Waals surface area contributed by atoms with Crippen molar-refractivity contribution in [1.82, 2.24) is 0 Å². The maximum atomic E-state index is 10.7. The van der Waals surface area contributed by atoms with E-state index in [2.05, 4.69) is 0 Å². The highest BCUT2D eigenvalue weighted by atomic mass is 16.6. The summed E-state index contributed by atoms with van der Waals surface area (Å²) in [4.78, 5) is 10.2. The van der Waals surface area contributed by atoms with Gasteiger partial charge in [0.15, 0.2) is 0 Å². The van der Waals surface area contributed by atoms with Gasteiger partial charge in [-0.2, -0.15) is 0 Å². The average molecular weight is 197 g/mol. The van der Waals surface area contributed by atoms with Crippen LogP contribution in [0.3, 0.4) is 0 Å². The highest BCUT2D eigenvalue weighted by molar-refractivity contribution is 5.45. The molecule has 5 heteroatoms. The molecule has 0 saturated carbocycles. The molecule has 1 aromatic carbocycles. The summed E-state index contributed by atoms with van der Waals surface area (Å²) in [6, 6.07) is 4.68. The Balaban J connectivity index is 3.10. The molecule has 0 radical (unpaired) electrons. The first kappa shape index (κ1) is 10.5. The first-order valence-corrected chi connectivity index (χ1v) is 3.99. The van der Waals surface area contributed by atoms with E-state index >= 15 is 0 Å². The molecule has 0 aromatic heterocycles. The van der Waals surface area contributed by atoms with Gasteiger partial charge in [-0.25, -0.2) is 0 Å². The average Bonchev–Trinajstić information content (AvgIpc) is 2.18. The van der Waals surface area contributed by atoms with Gasteiger partial charge >= 0.3 is 0 Å². The Hall–Kier alpha value is -1.62. The minimum absolute atomic E-state index is 0.0196. The van der Waals surface area contributed by atoms with Crippen LogP contribution in [0.2, 0.25) is 0 Å². The van der Waals surface area contributed by atoms with E-state index in [1.807, 2.05) is 0 Å². The maximum Gasteiger partial charge on any atom is 0.278 e. The van der Waals surface area contributed by atoms with Gasteiger partial charge in [-0.3, -0.25) is 10.1 Å². The fourth-order valence-electron chi connectivity index (χ4n) is 1.12. The molecule has 76 valence electrons. The zero-order valence-electron chi connectivity index (χ0n) is 8.02. The molecule has 0 aliphatic rings. The van der Waals surface area contributed by atoms with Crippen LogP contribution >= 0.6 is 0 Å². The number of hydrogen-bond donors (Lipinski definition) is 0. The van der Waals surface area contributed by atoms with Crippen molar-refractivity contribution in [3.05, 3.63) is 33.9 Å². The fourth-order valence-corrected chi connectivity index (χ4v) is 1.12. The van der Waals surface area contributed by atoms with Gasteiger partial charge in [0.2, 0.25) is 0 Å². The van der Waals surface area contributed by atoms with E-state index < -0.39 is 4.92 Å². The van der Waals surface area contributed by atoms with Crippen molar-refractivity contribution in [3.8, 4) is 5.75 Å². The largest absolute Gasteiger partial charge is 0.497 e. The molecule has 0 bridgehead atoms. The second-order valence-corrected chi connectivity index (χ2v) is 2.68. The zero-order valence-corrected chi connectivity index (χ0v) is 8.02. The normalized spacial score (nSPS) is 9.86. The Morgan fingerprint density at radius 3 is 2.64 bits per heavy atom. The van der Waals surface area contributed by atoms with Crippen LogP contribution in [-0.4, -0.2) is 19.1 Å². The molecule has 0 heterocycles. The van der Waals surface area contributed by atoms with Crippen LogP contribution in [0.15, 0.2) is 18.2 Å². The number of ether oxygens (including phenoxy) is 2. The lowest BCUT2D eigenvalue weighted by molar-refractivity contribution is -0.386. The lowest BCUT2D eigenvalue weighted by Gasteiger charge is -2.03. The minimum Gasteiger partial charge on any atom is -0.497 e. The predicted octanol–water partition coefficient (Wildman–Crippen LogP) is 1.75. The molecule has 0 spiro atoms. The summed E-state index contributed by atoms with van der Waals surface area (Å²) >= 11 is 0. The van der Waals surface area contributed by atoms with E-state index in [0.717, 1.165) is 0 Å². The third kappa shape index (κ3) is 2.20. The molecular formula is C9H11NO4. The second-order valence-electron chi connectivity index (χ2n) is 2.68. The van der Waals surface area contributed by atoms with E-state index in [-0.39, 0.29) is 12.3 Å². The van der Waals surface area contributed by atoms with E-state index in [1.54, 1.807) is 12.1 Å². The Morgan fingerprint density at radius 2 is 2.14 bits per heavy atom. The highest BCUT2D eigenvalue weighted by Crippen LogP contribution is 2.24. The summed E-state index contributed by atoms with van der Waals surface area (Å²) in [7, 11) is 2.96. The van der Waals surface area contributed by atoms with Crippen molar-refractivity contribution in [2.75, 3.05) is 14.2 Å². The molecule has 0 aliphatic heterocycles. The summed E-state index contributed by atoms with van der Waals surface area (Å²) < 4.78 is 9.74. The predicted molar refractivity (Wildman–Crippen MR) is 50.4 cm³/mol. The van der Waals surface area contributed by atoms with E-state index in [9.17, 15) is 10.1 Å². The van der Waals surface area contributed by atoms with Gasteiger partial charge in [-0.15, -0.1) is 0 Å². The molecule has 5 nitrogen and oxygen atoms in total. The lowest BCUT2D eigenvalue weighted by atomic mass is 10.2. The molecule has 0 atom stereocenters. The molecule has 0 fully saturated rings. The van der Waals surface area contributed by atoms with Crippen molar-refractivity contribution < 1.29 is 14.4 Å². The number of nitro benzene ring substituents is 1. The van der Waals surface area contributed by atoms with Crippen molar-refractivity contribution in [3.63, 3.8) is 0 Å². The molecule has 1 aromatic rings. The summed E-state index contributed by atoms with van der Waals surface area (Å²) in [5, 5.41) is 10.7. The van der Waals surface area contributed by atoms with Gasteiger partial charge in [-0.1, -0.05) is 0 Å². The van der Waals surface area contributed by atoms with Gasteiger partial charge in [0.1, 0.15) is 5.75 Å². The smallest absolute Gasteiger partial charge is 0.278 e. The first-order valence-electron chi connectivity index (χ1n) is 3.99. The summed E-state index contributed by atoms with van der Waals surface area (Å²) in [5.41, 5.74) is 0.560. The minimum atomic E-state index is -0.448. The van der Waals surface area contributed by atoms with Crippen LogP contribution in [0.25, 0.3) is 0 Å². The van der Waals surface area contributed by atoms with E-state index in [1.165, 1.54) is 20.3 Å². The van der Waals surface area contributed by atoms with Crippen molar-refractivity contribution >= 4 is 5.69 Å². The van der Waals surface area contributed by atoms with E-state index in [4.69, 9.17) is 9.47 Å². The maximum absolute atomic E-state index is 10.7. The molecular weight excluding hydrogens is 186 g/mol. The quantitative estimate of drug-likeness (QED) is 0.545. The highest BCUT2D eigenvalue weighted by Gasteiger charge is 2.14. The number of nitro groups is 1. The zero-order chi connectivity index (χ0) is 10.6. The molecule has 0 unspecified atom stereocenters. The molecule has 14 heavy (non-hydrogen) atoms. The van der Waals surface area contributed by atoms with Crippen LogP contribution in [0, 0.1) is 10.1 Å².